The Morgan fingerprint density at radius 3 is 2.44 bits per heavy atom. The van der Waals surface area contributed by atoms with Crippen molar-refractivity contribution >= 4 is 27.5 Å². The van der Waals surface area contributed by atoms with Crippen molar-refractivity contribution in [1.82, 2.24) is 14.5 Å². The zero-order valence-corrected chi connectivity index (χ0v) is 20.2. The number of carbonyl (C=O) groups is 1. The smallest absolute Gasteiger partial charge is 0.252 e. The molecular weight excluding hydrogens is 446 g/mol. The van der Waals surface area contributed by atoms with Crippen LogP contribution in [0, 0.1) is 0 Å². The lowest BCUT2D eigenvalue weighted by molar-refractivity contribution is 0.0952. The number of halogens is 1. The van der Waals surface area contributed by atoms with Crippen LogP contribution in [0.1, 0.15) is 48.0 Å². The summed E-state index contributed by atoms with van der Waals surface area (Å²) < 4.78 is 27.6. The minimum Gasteiger partial charge on any atom is -0.352 e. The Labute approximate surface area is 196 Å². The summed E-state index contributed by atoms with van der Waals surface area (Å²) in [4.78, 5) is 15.0. The highest BCUT2D eigenvalue weighted by Gasteiger charge is 2.26. The van der Waals surface area contributed by atoms with Crippen LogP contribution in [-0.2, 0) is 16.6 Å². The average molecular weight is 478 g/mol. The summed E-state index contributed by atoms with van der Waals surface area (Å²) >= 11 is 6.23. The molecule has 1 amide bonds. The van der Waals surface area contributed by atoms with Crippen LogP contribution in [0.2, 0.25) is 5.02 Å². The zero-order chi connectivity index (χ0) is 23.0. The molecule has 2 aromatic carbocycles. The molecule has 6 nitrogen and oxygen atoms in total. The first-order chi connectivity index (χ1) is 15.4. The Hall–Kier alpha value is -1.93. The number of nitrogens with zero attached hydrogens (tertiary/aromatic N) is 2. The van der Waals surface area contributed by atoms with E-state index < -0.39 is 10.0 Å². The molecule has 32 heavy (non-hydrogen) atoms. The third-order valence-electron chi connectivity index (χ3n) is 5.68. The van der Waals surface area contributed by atoms with Gasteiger partial charge in [0.15, 0.2) is 0 Å². The number of amides is 1. The van der Waals surface area contributed by atoms with Crippen LogP contribution in [0.4, 0.5) is 0 Å². The summed E-state index contributed by atoms with van der Waals surface area (Å²) in [5.74, 6) is -0.353. The van der Waals surface area contributed by atoms with Gasteiger partial charge in [-0.3, -0.25) is 4.79 Å². The van der Waals surface area contributed by atoms with Gasteiger partial charge in [0.25, 0.3) is 5.91 Å². The number of sulfonamides is 1. The number of benzene rings is 2. The van der Waals surface area contributed by atoms with Gasteiger partial charge in [0.05, 0.1) is 15.5 Å². The first-order valence-electron chi connectivity index (χ1n) is 11.2. The molecule has 0 atom stereocenters. The molecule has 0 bridgehead atoms. The minimum atomic E-state index is -3.64. The summed E-state index contributed by atoms with van der Waals surface area (Å²) in [7, 11) is -1.59. The molecule has 0 aliphatic carbocycles. The number of nitrogens with one attached hydrogen (secondary N) is 1. The molecule has 2 aromatic rings. The molecular formula is C24H32ClN3O3S. The van der Waals surface area contributed by atoms with Gasteiger partial charge in [-0.1, -0.05) is 54.8 Å². The fraction of sp³-hybridized carbons (Fsp3) is 0.458. The number of hydrogen-bond donors (Lipinski definition) is 1. The normalized spacial score (nSPS) is 15.5. The van der Waals surface area contributed by atoms with Crippen molar-refractivity contribution in [2.75, 3.05) is 33.2 Å². The van der Waals surface area contributed by atoms with Gasteiger partial charge in [-0.15, -0.1) is 0 Å². The quantitative estimate of drug-likeness (QED) is 0.550. The molecule has 1 saturated heterocycles. The third kappa shape index (κ3) is 6.78. The van der Waals surface area contributed by atoms with Gasteiger partial charge >= 0.3 is 0 Å². The summed E-state index contributed by atoms with van der Waals surface area (Å²) in [5.41, 5.74) is 1.44. The van der Waals surface area contributed by atoms with Crippen LogP contribution in [-0.4, -0.2) is 56.8 Å². The van der Waals surface area contributed by atoms with E-state index in [4.69, 9.17) is 11.6 Å². The topological polar surface area (TPSA) is 69.7 Å². The van der Waals surface area contributed by atoms with E-state index in [2.05, 4.69) is 22.3 Å². The molecule has 174 valence electrons. The van der Waals surface area contributed by atoms with Crippen LogP contribution in [0.5, 0.6) is 0 Å². The lowest BCUT2D eigenvalue weighted by Gasteiger charge is -2.20. The predicted molar refractivity (Wildman–Crippen MR) is 128 cm³/mol. The number of hydrogen-bond acceptors (Lipinski definition) is 4. The molecule has 8 heteroatoms. The molecule has 0 aromatic heterocycles. The third-order valence-corrected chi connectivity index (χ3v) is 7.91. The molecule has 1 heterocycles. The lowest BCUT2D eigenvalue weighted by atomic mass is 10.2. The maximum absolute atomic E-state index is 13.1. The van der Waals surface area contributed by atoms with Crippen LogP contribution in [0.3, 0.4) is 0 Å². The molecule has 3 rings (SSSR count). The van der Waals surface area contributed by atoms with Gasteiger partial charge in [-0.2, -0.15) is 4.31 Å². The SMILES string of the molecule is CN(CCCNC(=O)c1cc(S(=O)(=O)N2CCCCCC2)ccc1Cl)Cc1ccccc1. The molecule has 1 fully saturated rings. The van der Waals surface area contributed by atoms with E-state index in [9.17, 15) is 13.2 Å². The van der Waals surface area contributed by atoms with Crippen molar-refractivity contribution in [3.8, 4) is 0 Å². The Morgan fingerprint density at radius 1 is 1.06 bits per heavy atom. The molecule has 0 saturated carbocycles. The number of carbonyl (C=O) groups excluding carboxylic acids is 1. The van der Waals surface area contributed by atoms with E-state index in [1.165, 1.54) is 28.1 Å². The van der Waals surface area contributed by atoms with Gasteiger partial charge in [0.2, 0.25) is 10.0 Å². The summed E-state index contributed by atoms with van der Waals surface area (Å²) in [6.45, 7) is 3.19. The van der Waals surface area contributed by atoms with Crippen molar-refractivity contribution in [3.63, 3.8) is 0 Å². The lowest BCUT2D eigenvalue weighted by Crippen LogP contribution is -2.32. The molecule has 1 aliphatic heterocycles. The van der Waals surface area contributed by atoms with E-state index in [1.54, 1.807) is 0 Å². The summed E-state index contributed by atoms with van der Waals surface area (Å²) in [6, 6.07) is 14.6. The second-order valence-electron chi connectivity index (χ2n) is 8.29. The van der Waals surface area contributed by atoms with Crippen molar-refractivity contribution in [2.24, 2.45) is 0 Å². The fourth-order valence-electron chi connectivity index (χ4n) is 3.89. The van der Waals surface area contributed by atoms with Crippen molar-refractivity contribution in [3.05, 3.63) is 64.7 Å². The first-order valence-corrected chi connectivity index (χ1v) is 13.0. The van der Waals surface area contributed by atoms with Crippen molar-refractivity contribution in [2.45, 2.75) is 43.5 Å². The minimum absolute atomic E-state index is 0.122. The standard InChI is InChI=1S/C24H32ClN3O3S/c1-27(19-20-10-5-4-6-11-20)15-9-14-26-24(29)22-18-21(12-13-23(22)25)32(30,31)28-16-7-2-3-8-17-28/h4-6,10-13,18H,2-3,7-9,14-17,19H2,1H3,(H,26,29). The Kier molecular flexibility index (Phi) is 9.11. The van der Waals surface area contributed by atoms with Gasteiger partial charge in [0.1, 0.15) is 0 Å². The Bertz CT molecular complexity index is 991. The van der Waals surface area contributed by atoms with Crippen LogP contribution >= 0.6 is 11.6 Å². The van der Waals surface area contributed by atoms with Gasteiger partial charge in [-0.05, 0) is 56.6 Å². The fourth-order valence-corrected chi connectivity index (χ4v) is 5.64. The van der Waals surface area contributed by atoms with E-state index in [1.807, 2.05) is 25.2 Å². The van der Waals surface area contributed by atoms with Gasteiger partial charge < -0.3 is 10.2 Å². The van der Waals surface area contributed by atoms with E-state index in [0.717, 1.165) is 45.2 Å². The van der Waals surface area contributed by atoms with Gasteiger partial charge in [0, 0.05) is 26.2 Å². The molecule has 1 N–H and O–H groups in total. The second-order valence-corrected chi connectivity index (χ2v) is 10.6. The largest absolute Gasteiger partial charge is 0.352 e. The number of rotatable bonds is 9. The highest BCUT2D eigenvalue weighted by atomic mass is 35.5. The highest BCUT2D eigenvalue weighted by molar-refractivity contribution is 7.89. The van der Waals surface area contributed by atoms with Crippen molar-refractivity contribution < 1.29 is 13.2 Å². The molecule has 0 unspecified atom stereocenters. The predicted octanol–water partition coefficient (Wildman–Crippen LogP) is 4.16. The second kappa shape index (κ2) is 11.8. The monoisotopic (exact) mass is 477 g/mol. The van der Waals surface area contributed by atoms with E-state index >= 15 is 0 Å². The Balaban J connectivity index is 1.56. The summed E-state index contributed by atoms with van der Waals surface area (Å²) in [5, 5.41) is 3.12. The zero-order valence-electron chi connectivity index (χ0n) is 18.6. The molecule has 1 aliphatic rings. The first kappa shape index (κ1) is 24.7. The van der Waals surface area contributed by atoms with Crippen molar-refractivity contribution in [1.29, 1.82) is 0 Å². The Morgan fingerprint density at radius 2 is 1.75 bits per heavy atom. The van der Waals surface area contributed by atoms with Gasteiger partial charge in [-0.25, -0.2) is 8.42 Å². The van der Waals surface area contributed by atoms with E-state index in [0.29, 0.717) is 19.6 Å². The van der Waals surface area contributed by atoms with Crippen LogP contribution < -0.4 is 5.32 Å². The van der Waals surface area contributed by atoms with Crippen LogP contribution in [0.25, 0.3) is 0 Å². The molecule has 0 radical (unpaired) electrons. The summed E-state index contributed by atoms with van der Waals surface area (Å²) in [6.07, 6.45) is 4.58. The average Bonchev–Trinajstić information content (AvgIpc) is 3.08. The maximum Gasteiger partial charge on any atom is 0.252 e. The highest BCUT2D eigenvalue weighted by Crippen LogP contribution is 2.25. The maximum atomic E-state index is 13.1. The van der Waals surface area contributed by atoms with Crippen LogP contribution in [0.15, 0.2) is 53.4 Å². The molecule has 0 spiro atoms. The van der Waals surface area contributed by atoms with E-state index in [-0.39, 0.29) is 21.4 Å².